The van der Waals surface area contributed by atoms with Gasteiger partial charge in [-0.1, -0.05) is 18.2 Å². The first-order chi connectivity index (χ1) is 13.7. The Balaban J connectivity index is 1.46. The van der Waals surface area contributed by atoms with Gasteiger partial charge in [0, 0.05) is 0 Å². The summed E-state index contributed by atoms with van der Waals surface area (Å²) in [5.74, 6) is 0.365. The molecule has 0 saturated carbocycles. The summed E-state index contributed by atoms with van der Waals surface area (Å²) >= 11 is 0. The number of benzene rings is 2. The Labute approximate surface area is 165 Å². The minimum absolute atomic E-state index is 0.277. The van der Waals surface area contributed by atoms with Crippen molar-refractivity contribution in [3.05, 3.63) is 59.2 Å². The van der Waals surface area contributed by atoms with Gasteiger partial charge in [-0.15, -0.1) is 0 Å². The standard InChI is InChI=1S/C22H26N2O4/c1-2-27-21(25)19-9-5-6-10-20(19)24-22(26)23-13-14-28-18-12-11-16-7-3-4-8-17(16)15-18/h5-6,9-12,15H,2-4,7-8,13-14H2,1H3,(H2,23,24,26). The Hall–Kier alpha value is -3.02. The Morgan fingerprint density at radius 3 is 2.64 bits per heavy atom. The molecule has 2 N–H and O–H groups in total. The molecule has 0 radical (unpaired) electrons. The fourth-order valence-electron chi connectivity index (χ4n) is 3.28. The van der Waals surface area contributed by atoms with Crippen molar-refractivity contribution >= 4 is 17.7 Å². The molecule has 0 fully saturated rings. The first-order valence-electron chi connectivity index (χ1n) is 9.73. The highest BCUT2D eigenvalue weighted by atomic mass is 16.5. The first kappa shape index (κ1) is 19.7. The van der Waals surface area contributed by atoms with Gasteiger partial charge in [0.25, 0.3) is 0 Å². The van der Waals surface area contributed by atoms with Crippen LogP contribution in [0.1, 0.15) is 41.3 Å². The summed E-state index contributed by atoms with van der Waals surface area (Å²) in [5.41, 5.74) is 3.51. The van der Waals surface area contributed by atoms with Crippen molar-refractivity contribution in [2.75, 3.05) is 25.1 Å². The Bertz CT molecular complexity index is 835. The number of esters is 1. The number of carbonyl (C=O) groups excluding carboxylic acids is 2. The molecule has 1 aliphatic carbocycles. The van der Waals surface area contributed by atoms with E-state index in [0.717, 1.165) is 18.6 Å². The van der Waals surface area contributed by atoms with Crippen LogP contribution in [0.5, 0.6) is 5.75 Å². The molecular weight excluding hydrogens is 356 g/mol. The first-order valence-corrected chi connectivity index (χ1v) is 9.73. The van der Waals surface area contributed by atoms with Crippen LogP contribution in [-0.4, -0.2) is 31.8 Å². The average molecular weight is 382 g/mol. The molecule has 0 saturated heterocycles. The number of anilines is 1. The summed E-state index contributed by atoms with van der Waals surface area (Å²) < 4.78 is 10.8. The van der Waals surface area contributed by atoms with Crippen LogP contribution in [0.3, 0.4) is 0 Å². The van der Waals surface area contributed by atoms with Crippen LogP contribution in [0, 0.1) is 0 Å². The van der Waals surface area contributed by atoms with E-state index in [0.29, 0.717) is 24.4 Å². The maximum absolute atomic E-state index is 12.1. The average Bonchev–Trinajstić information content (AvgIpc) is 2.71. The fraction of sp³-hybridized carbons (Fsp3) is 0.364. The molecule has 6 heteroatoms. The molecule has 2 aromatic rings. The molecule has 1 aliphatic rings. The van der Waals surface area contributed by atoms with Crippen molar-refractivity contribution in [2.24, 2.45) is 0 Å². The zero-order valence-electron chi connectivity index (χ0n) is 16.1. The lowest BCUT2D eigenvalue weighted by molar-refractivity contribution is 0.0527. The predicted octanol–water partition coefficient (Wildman–Crippen LogP) is 3.94. The molecule has 0 aromatic heterocycles. The quantitative estimate of drug-likeness (QED) is 0.562. The summed E-state index contributed by atoms with van der Waals surface area (Å²) in [6.45, 7) is 2.73. The Kier molecular flexibility index (Phi) is 6.89. The summed E-state index contributed by atoms with van der Waals surface area (Å²) in [7, 11) is 0. The van der Waals surface area contributed by atoms with E-state index in [-0.39, 0.29) is 6.61 Å². The number of hydrogen-bond donors (Lipinski definition) is 2. The number of ether oxygens (including phenoxy) is 2. The number of para-hydroxylation sites is 1. The van der Waals surface area contributed by atoms with Crippen LogP contribution in [0.2, 0.25) is 0 Å². The number of urea groups is 1. The zero-order chi connectivity index (χ0) is 19.8. The van der Waals surface area contributed by atoms with Crippen LogP contribution >= 0.6 is 0 Å². The highest BCUT2D eigenvalue weighted by Gasteiger charge is 2.14. The number of nitrogens with one attached hydrogen (secondary N) is 2. The van der Waals surface area contributed by atoms with E-state index in [1.165, 1.54) is 24.0 Å². The van der Waals surface area contributed by atoms with Crippen molar-refractivity contribution < 1.29 is 19.1 Å². The third-order valence-corrected chi connectivity index (χ3v) is 4.65. The topological polar surface area (TPSA) is 76.7 Å². The maximum atomic E-state index is 12.1. The van der Waals surface area contributed by atoms with Gasteiger partial charge in [-0.25, -0.2) is 9.59 Å². The maximum Gasteiger partial charge on any atom is 0.340 e. The van der Waals surface area contributed by atoms with Gasteiger partial charge in [0.15, 0.2) is 0 Å². The second-order valence-corrected chi connectivity index (χ2v) is 6.63. The van der Waals surface area contributed by atoms with Gasteiger partial charge in [-0.3, -0.25) is 0 Å². The van der Waals surface area contributed by atoms with Crippen LogP contribution in [-0.2, 0) is 17.6 Å². The van der Waals surface area contributed by atoms with E-state index in [1.54, 1.807) is 31.2 Å². The lowest BCUT2D eigenvalue weighted by Crippen LogP contribution is -2.32. The van der Waals surface area contributed by atoms with Crippen LogP contribution < -0.4 is 15.4 Å². The molecule has 3 rings (SSSR count). The molecule has 0 spiro atoms. The molecule has 148 valence electrons. The van der Waals surface area contributed by atoms with Crippen LogP contribution in [0.4, 0.5) is 10.5 Å². The van der Waals surface area contributed by atoms with Crippen LogP contribution in [0.25, 0.3) is 0 Å². The van der Waals surface area contributed by atoms with Gasteiger partial charge in [0.2, 0.25) is 0 Å². The third-order valence-electron chi connectivity index (χ3n) is 4.65. The highest BCUT2D eigenvalue weighted by Crippen LogP contribution is 2.25. The summed E-state index contributed by atoms with van der Waals surface area (Å²) in [5, 5.41) is 5.42. The molecule has 0 bridgehead atoms. The van der Waals surface area contributed by atoms with Gasteiger partial charge in [0.1, 0.15) is 12.4 Å². The summed E-state index contributed by atoms with van der Waals surface area (Å²) in [6, 6.07) is 12.6. The number of aryl methyl sites for hydroxylation is 2. The number of rotatable bonds is 7. The summed E-state index contributed by atoms with van der Waals surface area (Å²) in [6.07, 6.45) is 4.73. The number of amides is 2. The van der Waals surface area contributed by atoms with E-state index < -0.39 is 12.0 Å². The third kappa shape index (κ3) is 5.25. The lowest BCUT2D eigenvalue weighted by atomic mass is 9.92. The molecule has 0 heterocycles. The molecule has 0 atom stereocenters. The van der Waals surface area contributed by atoms with E-state index in [4.69, 9.17) is 9.47 Å². The Morgan fingerprint density at radius 1 is 1.04 bits per heavy atom. The van der Waals surface area contributed by atoms with Gasteiger partial charge < -0.3 is 20.1 Å². The molecule has 28 heavy (non-hydrogen) atoms. The molecule has 6 nitrogen and oxygen atoms in total. The van der Waals surface area contributed by atoms with Crippen molar-refractivity contribution in [3.8, 4) is 5.75 Å². The fourth-order valence-corrected chi connectivity index (χ4v) is 3.28. The van der Waals surface area contributed by atoms with Crippen molar-refractivity contribution in [2.45, 2.75) is 32.6 Å². The number of fused-ring (bicyclic) bond motifs is 1. The second-order valence-electron chi connectivity index (χ2n) is 6.63. The minimum Gasteiger partial charge on any atom is -0.492 e. The number of hydrogen-bond acceptors (Lipinski definition) is 4. The van der Waals surface area contributed by atoms with Crippen LogP contribution in [0.15, 0.2) is 42.5 Å². The van der Waals surface area contributed by atoms with Crippen molar-refractivity contribution in [1.82, 2.24) is 5.32 Å². The van der Waals surface area contributed by atoms with E-state index in [1.807, 2.05) is 6.07 Å². The number of carbonyl (C=O) groups is 2. The highest BCUT2D eigenvalue weighted by molar-refractivity contribution is 6.00. The van der Waals surface area contributed by atoms with Gasteiger partial charge in [0.05, 0.1) is 24.4 Å². The van der Waals surface area contributed by atoms with E-state index in [9.17, 15) is 9.59 Å². The largest absolute Gasteiger partial charge is 0.492 e. The smallest absolute Gasteiger partial charge is 0.340 e. The molecular formula is C22H26N2O4. The molecule has 2 amide bonds. The zero-order valence-corrected chi connectivity index (χ0v) is 16.1. The molecule has 2 aromatic carbocycles. The van der Waals surface area contributed by atoms with Gasteiger partial charge in [-0.2, -0.15) is 0 Å². The molecule has 0 aliphatic heterocycles. The SMILES string of the molecule is CCOC(=O)c1ccccc1NC(=O)NCCOc1ccc2c(c1)CCCC2. The van der Waals surface area contributed by atoms with E-state index in [2.05, 4.69) is 22.8 Å². The van der Waals surface area contributed by atoms with Crippen molar-refractivity contribution in [3.63, 3.8) is 0 Å². The minimum atomic E-state index is -0.464. The lowest BCUT2D eigenvalue weighted by Gasteiger charge is -2.17. The Morgan fingerprint density at radius 2 is 1.82 bits per heavy atom. The van der Waals surface area contributed by atoms with Gasteiger partial charge >= 0.3 is 12.0 Å². The normalized spacial score (nSPS) is 12.6. The van der Waals surface area contributed by atoms with Gasteiger partial charge in [-0.05, 0) is 68.0 Å². The monoisotopic (exact) mass is 382 g/mol. The summed E-state index contributed by atoms with van der Waals surface area (Å²) in [4.78, 5) is 24.1. The molecule has 0 unspecified atom stereocenters. The predicted molar refractivity (Wildman–Crippen MR) is 108 cm³/mol. The van der Waals surface area contributed by atoms with Crippen molar-refractivity contribution in [1.29, 1.82) is 0 Å². The second kappa shape index (κ2) is 9.78. The van der Waals surface area contributed by atoms with E-state index >= 15 is 0 Å².